The maximum absolute atomic E-state index is 14.9. The second kappa shape index (κ2) is 17.0. The summed E-state index contributed by atoms with van der Waals surface area (Å²) in [5.74, 6) is -1.15. The van der Waals surface area contributed by atoms with E-state index in [2.05, 4.69) is 5.32 Å². The van der Waals surface area contributed by atoms with Crippen molar-refractivity contribution < 1.29 is 27.7 Å². The van der Waals surface area contributed by atoms with Crippen LogP contribution in [-0.2, 0) is 32.6 Å². The summed E-state index contributed by atoms with van der Waals surface area (Å²) in [5.41, 5.74) is 0.829. The Balaban J connectivity index is 1.66. The van der Waals surface area contributed by atoms with Gasteiger partial charge < -0.3 is 15.0 Å². The molecule has 5 rings (SSSR count). The zero-order chi connectivity index (χ0) is 37.6. The highest BCUT2D eigenvalue weighted by Gasteiger charge is 2.37. The number of sulfonamides is 1. The number of hydrogen-bond donors (Lipinski definition) is 1. The molecule has 0 aliphatic heterocycles. The van der Waals surface area contributed by atoms with Gasteiger partial charge in [0.25, 0.3) is 15.7 Å². The van der Waals surface area contributed by atoms with Gasteiger partial charge in [-0.15, -0.1) is 0 Å². The molecule has 11 nitrogen and oxygen atoms in total. The van der Waals surface area contributed by atoms with Crippen molar-refractivity contribution in [3.8, 4) is 5.75 Å². The largest absolute Gasteiger partial charge is 0.495 e. The third-order valence-corrected chi connectivity index (χ3v) is 11.7. The maximum atomic E-state index is 14.9. The van der Waals surface area contributed by atoms with Gasteiger partial charge in [-0.1, -0.05) is 90.1 Å². The van der Waals surface area contributed by atoms with Gasteiger partial charge in [0, 0.05) is 51.3 Å². The molecular formula is C37H37Cl3N4O7S. The molecule has 0 heterocycles. The van der Waals surface area contributed by atoms with E-state index in [9.17, 15) is 28.1 Å². The molecule has 1 aliphatic rings. The van der Waals surface area contributed by atoms with E-state index in [1.165, 1.54) is 49.3 Å². The highest BCUT2D eigenvalue weighted by molar-refractivity contribution is 7.92. The number of nitrogens with one attached hydrogen (secondary N) is 1. The van der Waals surface area contributed by atoms with E-state index < -0.39 is 49.9 Å². The van der Waals surface area contributed by atoms with Crippen LogP contribution in [-0.4, -0.2) is 55.8 Å². The molecule has 0 saturated heterocycles. The molecule has 4 aromatic carbocycles. The molecule has 4 aromatic rings. The van der Waals surface area contributed by atoms with Crippen molar-refractivity contribution in [2.75, 3.05) is 18.0 Å². The van der Waals surface area contributed by atoms with Crippen LogP contribution in [0.2, 0.25) is 15.1 Å². The SMILES string of the molecule is COc1ccc(Cl)cc1N(CC(=O)N(Cc1c(Cl)cccc1Cl)[C@H](Cc1ccccc1)C(=O)NC1CCCC1)S(=O)(=O)c1ccc(C)c([N+](=O)[O-])c1. The molecule has 1 atom stereocenters. The van der Waals surface area contributed by atoms with Crippen molar-refractivity contribution in [2.45, 2.75) is 62.6 Å². The highest BCUT2D eigenvalue weighted by atomic mass is 35.5. The molecular weight excluding hydrogens is 751 g/mol. The Labute approximate surface area is 317 Å². The van der Waals surface area contributed by atoms with Crippen molar-refractivity contribution in [1.82, 2.24) is 10.2 Å². The lowest BCUT2D eigenvalue weighted by atomic mass is 10.0. The quantitative estimate of drug-likeness (QED) is 0.102. The van der Waals surface area contributed by atoms with Crippen molar-refractivity contribution in [2.24, 2.45) is 0 Å². The lowest BCUT2D eigenvalue weighted by Gasteiger charge is -2.35. The first kappa shape index (κ1) is 38.9. The number of halogens is 3. The second-order valence-electron chi connectivity index (χ2n) is 12.5. The number of nitro groups is 1. The zero-order valence-electron chi connectivity index (χ0n) is 28.4. The molecule has 0 unspecified atom stereocenters. The summed E-state index contributed by atoms with van der Waals surface area (Å²) in [6.45, 7) is 0.380. The highest BCUT2D eigenvalue weighted by Crippen LogP contribution is 2.36. The summed E-state index contributed by atoms with van der Waals surface area (Å²) >= 11 is 19.6. The molecule has 0 spiro atoms. The van der Waals surface area contributed by atoms with Crippen LogP contribution in [0.15, 0.2) is 89.8 Å². The number of methoxy groups -OCH3 is 1. The first-order valence-corrected chi connectivity index (χ1v) is 19.1. The normalized spacial score (nSPS) is 13.7. The van der Waals surface area contributed by atoms with E-state index in [0.717, 1.165) is 41.6 Å². The predicted octanol–water partition coefficient (Wildman–Crippen LogP) is 7.77. The number of hydrogen-bond acceptors (Lipinski definition) is 7. The van der Waals surface area contributed by atoms with Gasteiger partial charge in [0.05, 0.1) is 22.6 Å². The van der Waals surface area contributed by atoms with Crippen LogP contribution in [0.4, 0.5) is 11.4 Å². The topological polar surface area (TPSA) is 139 Å². The Morgan fingerprint density at radius 1 is 0.962 bits per heavy atom. The van der Waals surface area contributed by atoms with Gasteiger partial charge in [0.1, 0.15) is 18.3 Å². The van der Waals surface area contributed by atoms with Gasteiger partial charge in [0.2, 0.25) is 11.8 Å². The smallest absolute Gasteiger partial charge is 0.273 e. The minimum absolute atomic E-state index is 0.0582. The minimum Gasteiger partial charge on any atom is -0.495 e. The Kier molecular flexibility index (Phi) is 12.7. The number of rotatable bonds is 14. The molecule has 0 bridgehead atoms. The van der Waals surface area contributed by atoms with Gasteiger partial charge >= 0.3 is 0 Å². The Hall–Kier alpha value is -4.36. The minimum atomic E-state index is -4.73. The molecule has 2 amide bonds. The number of aryl methyl sites for hydroxylation is 1. The summed E-state index contributed by atoms with van der Waals surface area (Å²) in [7, 11) is -3.40. The molecule has 52 heavy (non-hydrogen) atoms. The van der Waals surface area contributed by atoms with Gasteiger partial charge in [-0.3, -0.25) is 24.0 Å². The first-order valence-electron chi connectivity index (χ1n) is 16.5. The standard InChI is InChI=1S/C37H37Cl3N4O7S/c1-24-15-17-28(21-32(24)44(47)48)52(49,50)43(33-20-26(38)16-18-35(33)51-2)23-36(45)42(22-29-30(39)13-8-14-31(29)40)34(19-25-9-4-3-5-10-25)37(46)41-27-11-6-7-12-27/h3-5,8-10,13-18,20-21,27,34H,6-7,11-12,19,22-23H2,1-2H3,(H,41,46)/t34-/m1/s1. The third-order valence-electron chi connectivity index (χ3n) is 9.02. The third kappa shape index (κ3) is 8.98. The zero-order valence-corrected chi connectivity index (χ0v) is 31.5. The van der Waals surface area contributed by atoms with E-state index in [1.54, 1.807) is 18.2 Å². The van der Waals surface area contributed by atoms with E-state index >= 15 is 0 Å². The molecule has 1 N–H and O–H groups in total. The Bertz CT molecular complexity index is 2040. The summed E-state index contributed by atoms with van der Waals surface area (Å²) in [6, 6.07) is 20.5. The number of carbonyl (C=O) groups is 2. The number of benzene rings is 4. The molecule has 1 aliphatic carbocycles. The number of carbonyl (C=O) groups excluding carboxylic acids is 2. The van der Waals surface area contributed by atoms with Gasteiger partial charge in [-0.2, -0.15) is 0 Å². The summed E-state index contributed by atoms with van der Waals surface area (Å²) in [6.07, 6.45) is 3.58. The monoisotopic (exact) mass is 786 g/mol. The first-order chi connectivity index (χ1) is 24.8. The van der Waals surface area contributed by atoms with E-state index in [4.69, 9.17) is 39.5 Å². The second-order valence-corrected chi connectivity index (χ2v) is 15.6. The summed E-state index contributed by atoms with van der Waals surface area (Å²) in [5, 5.41) is 15.6. The summed E-state index contributed by atoms with van der Waals surface area (Å²) < 4.78 is 35.4. The molecule has 1 fully saturated rings. The molecule has 0 radical (unpaired) electrons. The van der Waals surface area contributed by atoms with Crippen LogP contribution in [0.3, 0.4) is 0 Å². The van der Waals surface area contributed by atoms with Crippen molar-refractivity contribution in [1.29, 1.82) is 0 Å². The van der Waals surface area contributed by atoms with E-state index in [0.29, 0.717) is 5.56 Å². The van der Waals surface area contributed by atoms with E-state index in [1.807, 2.05) is 30.3 Å². The average Bonchev–Trinajstić information content (AvgIpc) is 3.63. The fourth-order valence-corrected chi connectivity index (χ4v) is 8.34. The molecule has 0 aromatic heterocycles. The van der Waals surface area contributed by atoms with Crippen LogP contribution in [0.5, 0.6) is 5.75 Å². The van der Waals surface area contributed by atoms with Crippen molar-refractivity contribution in [3.05, 3.63) is 127 Å². The Morgan fingerprint density at radius 2 is 1.63 bits per heavy atom. The van der Waals surface area contributed by atoms with E-state index in [-0.39, 0.29) is 51.1 Å². The van der Waals surface area contributed by atoms with Crippen LogP contribution in [0.25, 0.3) is 0 Å². The van der Waals surface area contributed by atoms with Crippen LogP contribution in [0.1, 0.15) is 42.4 Å². The van der Waals surface area contributed by atoms with Gasteiger partial charge in [-0.05, 0) is 61.7 Å². The summed E-state index contributed by atoms with van der Waals surface area (Å²) in [4.78, 5) is 41.1. The van der Waals surface area contributed by atoms with Crippen LogP contribution in [0, 0.1) is 17.0 Å². The fourth-order valence-electron chi connectivity index (χ4n) is 6.22. The lowest BCUT2D eigenvalue weighted by molar-refractivity contribution is -0.385. The molecule has 15 heteroatoms. The van der Waals surface area contributed by atoms with Crippen LogP contribution < -0.4 is 14.4 Å². The number of amides is 2. The Morgan fingerprint density at radius 3 is 2.27 bits per heavy atom. The number of anilines is 1. The van der Waals surface area contributed by atoms with Crippen LogP contribution >= 0.6 is 34.8 Å². The van der Waals surface area contributed by atoms with Gasteiger partial charge in [0.15, 0.2) is 0 Å². The predicted molar refractivity (Wildman–Crippen MR) is 202 cm³/mol. The number of nitro benzene ring substituents is 1. The maximum Gasteiger partial charge on any atom is 0.273 e. The molecule has 274 valence electrons. The average molecular weight is 788 g/mol. The lowest BCUT2D eigenvalue weighted by Crippen LogP contribution is -2.54. The van der Waals surface area contributed by atoms with Gasteiger partial charge in [-0.25, -0.2) is 8.42 Å². The fraction of sp³-hybridized carbons (Fsp3) is 0.297. The van der Waals surface area contributed by atoms with Crippen molar-refractivity contribution >= 4 is 68.0 Å². The van der Waals surface area contributed by atoms with Crippen molar-refractivity contribution in [3.63, 3.8) is 0 Å². The number of nitrogens with zero attached hydrogens (tertiary/aromatic N) is 3. The molecule has 1 saturated carbocycles. The number of ether oxygens (including phenoxy) is 1.